The first kappa shape index (κ1) is 32.8. The molecule has 4 aliphatic carbocycles. The van der Waals surface area contributed by atoms with Crippen LogP contribution in [-0.4, -0.2) is 25.3 Å². The van der Waals surface area contributed by atoms with Gasteiger partial charge in [0.1, 0.15) is 6.10 Å². The fraction of sp³-hybridized carbons (Fsp3) is 0.912. The lowest BCUT2D eigenvalue weighted by Crippen LogP contribution is -2.51. The molecule has 0 heterocycles. The number of unbranched alkanes of at least 4 members (excludes halogenated alkanes) is 3. The highest BCUT2D eigenvalue weighted by atomic mass is 35.5. The minimum Gasteiger partial charge on any atom is -0.446 e. The molecule has 0 aliphatic heterocycles. The van der Waals surface area contributed by atoms with Gasteiger partial charge in [0.05, 0.1) is 0 Å². The summed E-state index contributed by atoms with van der Waals surface area (Å²) >= 11 is 0. The van der Waals surface area contributed by atoms with E-state index in [9.17, 15) is 4.79 Å². The smallest absolute Gasteiger partial charge is 0.407 e. The Balaban J connectivity index is 0.00000420. The Morgan fingerprint density at radius 3 is 2.51 bits per heavy atom. The molecular weight excluding hydrogens is 504 g/mol. The van der Waals surface area contributed by atoms with E-state index in [0.29, 0.717) is 17.4 Å². The van der Waals surface area contributed by atoms with Crippen molar-refractivity contribution in [1.82, 2.24) is 5.32 Å². The van der Waals surface area contributed by atoms with E-state index in [1.807, 2.05) is 0 Å². The number of nitrogens with two attached hydrogens (primary N) is 1. The number of carbonyl (C=O) groups is 1. The summed E-state index contributed by atoms with van der Waals surface area (Å²) in [4.78, 5) is 12.4. The number of carbonyl (C=O) groups excluding carboxylic acids is 1. The van der Waals surface area contributed by atoms with Crippen LogP contribution in [0.2, 0.25) is 0 Å². The molecule has 3 saturated carbocycles. The van der Waals surface area contributed by atoms with Crippen LogP contribution in [0.1, 0.15) is 131 Å². The zero-order chi connectivity index (χ0) is 27.3. The number of allylic oxidation sites excluding steroid dienone is 1. The van der Waals surface area contributed by atoms with Gasteiger partial charge < -0.3 is 15.8 Å². The molecule has 5 heteroatoms. The molecule has 226 valence electrons. The Hall–Kier alpha value is -0.740. The number of halogens is 1. The van der Waals surface area contributed by atoms with Crippen molar-refractivity contribution in [3.8, 4) is 0 Å². The van der Waals surface area contributed by atoms with Crippen molar-refractivity contribution in [1.29, 1.82) is 0 Å². The maximum atomic E-state index is 12.4. The van der Waals surface area contributed by atoms with Crippen LogP contribution < -0.4 is 11.1 Å². The van der Waals surface area contributed by atoms with Crippen LogP contribution in [0.15, 0.2) is 11.6 Å². The number of ether oxygens (including phenoxy) is 1. The molecule has 0 spiro atoms. The molecule has 4 nitrogen and oxygen atoms in total. The van der Waals surface area contributed by atoms with E-state index in [1.54, 1.807) is 5.57 Å². The summed E-state index contributed by atoms with van der Waals surface area (Å²) in [6, 6.07) is 0. The molecular formula is C34H61ClN2O2. The molecule has 39 heavy (non-hydrogen) atoms. The van der Waals surface area contributed by atoms with Gasteiger partial charge in [0.25, 0.3) is 0 Å². The van der Waals surface area contributed by atoms with Gasteiger partial charge in [-0.1, -0.05) is 78.4 Å². The number of alkyl carbamates (subject to hydrolysis) is 1. The van der Waals surface area contributed by atoms with Crippen LogP contribution in [0.3, 0.4) is 0 Å². The Morgan fingerprint density at radius 1 is 1.00 bits per heavy atom. The summed E-state index contributed by atoms with van der Waals surface area (Å²) in [5, 5.41) is 2.98. The van der Waals surface area contributed by atoms with Gasteiger partial charge in [-0.3, -0.25) is 0 Å². The molecule has 3 fully saturated rings. The van der Waals surface area contributed by atoms with E-state index < -0.39 is 0 Å². The standard InChI is InChI=1S/C34H60N2O2.ClH/c1-24(2)11-10-12-25(3)29-15-16-30-28-14-13-26-23-27(38-32(37)36-22-9-7-6-8-21-35)17-19-33(26,4)31(28)18-20-34(29,30)5;/h13,24-25,27-31H,6-12,14-23,35H2,1-5H3,(H,36,37);1H/t25-,27+,28+,29-,30+,31+,33+,34-;/m1./s1. The third-order valence-electron chi connectivity index (χ3n) is 11.9. The normalized spacial score (nSPS) is 36.2. The fourth-order valence-electron chi connectivity index (χ4n) is 9.76. The number of fused-ring (bicyclic) bond motifs is 5. The summed E-state index contributed by atoms with van der Waals surface area (Å²) in [5.74, 6) is 5.20. The van der Waals surface area contributed by atoms with E-state index in [2.05, 4.69) is 46.0 Å². The summed E-state index contributed by atoms with van der Waals surface area (Å²) in [5.41, 5.74) is 8.02. The van der Waals surface area contributed by atoms with Gasteiger partial charge in [0, 0.05) is 13.0 Å². The lowest BCUT2D eigenvalue weighted by atomic mass is 9.47. The third kappa shape index (κ3) is 7.37. The second-order valence-electron chi connectivity index (χ2n) is 14.7. The number of rotatable bonds is 12. The summed E-state index contributed by atoms with van der Waals surface area (Å²) < 4.78 is 5.91. The number of nitrogens with one attached hydrogen (secondary N) is 1. The van der Waals surface area contributed by atoms with Crippen molar-refractivity contribution < 1.29 is 9.53 Å². The second kappa shape index (κ2) is 14.4. The predicted octanol–water partition coefficient (Wildman–Crippen LogP) is 9.06. The van der Waals surface area contributed by atoms with Gasteiger partial charge in [0.2, 0.25) is 0 Å². The Labute approximate surface area is 246 Å². The Kier molecular flexibility index (Phi) is 12.1. The summed E-state index contributed by atoms with van der Waals surface area (Å²) in [6.07, 6.45) is 21.1. The van der Waals surface area contributed by atoms with Gasteiger partial charge in [-0.25, -0.2) is 4.79 Å². The minimum absolute atomic E-state index is 0. The molecule has 0 saturated heterocycles. The van der Waals surface area contributed by atoms with Crippen LogP contribution >= 0.6 is 12.4 Å². The topological polar surface area (TPSA) is 64.3 Å². The highest BCUT2D eigenvalue weighted by Gasteiger charge is 2.59. The zero-order valence-electron chi connectivity index (χ0n) is 25.9. The molecule has 3 N–H and O–H groups in total. The maximum absolute atomic E-state index is 12.4. The van der Waals surface area contributed by atoms with Crippen molar-refractivity contribution in [2.24, 2.45) is 52.1 Å². The van der Waals surface area contributed by atoms with E-state index in [1.165, 1.54) is 57.8 Å². The Bertz CT molecular complexity index is 815. The molecule has 0 aromatic carbocycles. The lowest BCUT2D eigenvalue weighted by molar-refractivity contribution is -0.0581. The highest BCUT2D eigenvalue weighted by molar-refractivity contribution is 5.85. The van der Waals surface area contributed by atoms with Gasteiger partial charge in [-0.15, -0.1) is 12.4 Å². The van der Waals surface area contributed by atoms with Crippen LogP contribution in [0, 0.1) is 46.3 Å². The number of hydrogen-bond acceptors (Lipinski definition) is 3. The van der Waals surface area contributed by atoms with Gasteiger partial charge >= 0.3 is 6.09 Å². The monoisotopic (exact) mass is 564 g/mol. The van der Waals surface area contributed by atoms with E-state index in [4.69, 9.17) is 10.5 Å². The van der Waals surface area contributed by atoms with E-state index >= 15 is 0 Å². The van der Waals surface area contributed by atoms with Crippen LogP contribution in [0.4, 0.5) is 4.79 Å². The molecule has 4 aliphatic rings. The maximum Gasteiger partial charge on any atom is 0.407 e. The molecule has 8 atom stereocenters. The first-order valence-corrected chi connectivity index (χ1v) is 16.5. The molecule has 1 amide bonds. The fourth-order valence-corrected chi connectivity index (χ4v) is 9.76. The predicted molar refractivity (Wildman–Crippen MR) is 166 cm³/mol. The molecule has 0 unspecified atom stereocenters. The van der Waals surface area contributed by atoms with E-state index in [-0.39, 0.29) is 24.6 Å². The lowest BCUT2D eigenvalue weighted by Gasteiger charge is -2.58. The van der Waals surface area contributed by atoms with Gasteiger partial charge in [0.15, 0.2) is 0 Å². The number of amides is 1. The van der Waals surface area contributed by atoms with Crippen molar-refractivity contribution in [3.63, 3.8) is 0 Å². The van der Waals surface area contributed by atoms with Gasteiger partial charge in [-0.2, -0.15) is 0 Å². The summed E-state index contributed by atoms with van der Waals surface area (Å²) in [7, 11) is 0. The van der Waals surface area contributed by atoms with Crippen molar-refractivity contribution in [3.05, 3.63) is 11.6 Å². The van der Waals surface area contributed by atoms with Crippen molar-refractivity contribution in [2.75, 3.05) is 13.1 Å². The van der Waals surface area contributed by atoms with Gasteiger partial charge in [-0.05, 0) is 111 Å². The largest absolute Gasteiger partial charge is 0.446 e. The third-order valence-corrected chi connectivity index (χ3v) is 11.9. The molecule has 4 rings (SSSR count). The highest BCUT2D eigenvalue weighted by Crippen LogP contribution is 2.67. The number of hydrogen-bond donors (Lipinski definition) is 2. The van der Waals surface area contributed by atoms with Crippen LogP contribution in [-0.2, 0) is 4.74 Å². The second-order valence-corrected chi connectivity index (χ2v) is 14.7. The van der Waals surface area contributed by atoms with Crippen LogP contribution in [0.25, 0.3) is 0 Å². The van der Waals surface area contributed by atoms with E-state index in [0.717, 1.165) is 80.6 Å². The quantitative estimate of drug-likeness (QED) is 0.183. The molecule has 0 aromatic heterocycles. The average molecular weight is 565 g/mol. The van der Waals surface area contributed by atoms with Crippen molar-refractivity contribution >= 4 is 18.5 Å². The van der Waals surface area contributed by atoms with Crippen molar-refractivity contribution in [2.45, 2.75) is 137 Å². The molecule has 0 bridgehead atoms. The van der Waals surface area contributed by atoms with Crippen LogP contribution in [0.5, 0.6) is 0 Å². The minimum atomic E-state index is -0.223. The SMILES string of the molecule is CC(C)CCC[C@@H](C)[C@H]1CC[C@H]2[C@@H]3CC=C4C[C@@H](OC(=O)NCCCCCCN)CC[C@]4(C)[C@H]3CC[C@]12C.Cl. The average Bonchev–Trinajstić information content (AvgIpc) is 3.23. The molecule has 0 aromatic rings. The first-order chi connectivity index (χ1) is 18.2. The first-order valence-electron chi connectivity index (χ1n) is 16.5. The summed E-state index contributed by atoms with van der Waals surface area (Å²) in [6.45, 7) is 14.0. The zero-order valence-corrected chi connectivity index (χ0v) is 26.8. The Morgan fingerprint density at radius 2 is 1.77 bits per heavy atom. The molecule has 0 radical (unpaired) electrons.